The molecule has 7 nitrogen and oxygen atoms in total. The molecule has 2 aliphatic heterocycles. The topological polar surface area (TPSA) is 80.6 Å². The zero-order chi connectivity index (χ0) is 23.1. The van der Waals surface area contributed by atoms with E-state index in [4.69, 9.17) is 4.74 Å². The van der Waals surface area contributed by atoms with Crippen molar-refractivity contribution < 1.29 is 19.1 Å². The summed E-state index contributed by atoms with van der Waals surface area (Å²) in [7, 11) is 0. The van der Waals surface area contributed by atoms with E-state index in [0.29, 0.717) is 5.69 Å². The quantitative estimate of drug-likeness (QED) is 0.486. The number of rotatable bonds is 4. The lowest BCUT2D eigenvalue weighted by Crippen LogP contribution is -2.54. The minimum Gasteiger partial charge on any atom is -0.376 e. The maximum atomic E-state index is 13.3. The van der Waals surface area contributed by atoms with Crippen LogP contribution in [-0.2, 0) is 20.9 Å². The molecule has 168 valence electrons. The van der Waals surface area contributed by atoms with Gasteiger partial charge in [-0.2, -0.15) is 0 Å². The number of hydrogen-bond donors (Lipinski definition) is 1. The van der Waals surface area contributed by atoms with Gasteiger partial charge in [-0.15, -0.1) is 0 Å². The third-order valence-electron chi connectivity index (χ3n) is 6.42. The van der Waals surface area contributed by atoms with E-state index >= 15 is 0 Å². The van der Waals surface area contributed by atoms with Gasteiger partial charge < -0.3 is 9.30 Å². The number of imide groups is 2. The van der Waals surface area contributed by atoms with Crippen molar-refractivity contribution in [3.63, 3.8) is 0 Å². The van der Waals surface area contributed by atoms with E-state index in [-0.39, 0.29) is 11.7 Å². The molecule has 2 fully saturated rings. The zero-order valence-electron chi connectivity index (χ0n) is 18.6. The van der Waals surface area contributed by atoms with Crippen molar-refractivity contribution in [2.24, 2.45) is 0 Å². The van der Waals surface area contributed by atoms with E-state index < -0.39 is 17.8 Å². The summed E-state index contributed by atoms with van der Waals surface area (Å²) in [5.41, 5.74) is 3.10. The molecular weight excluding hydrogens is 418 g/mol. The zero-order valence-corrected chi connectivity index (χ0v) is 18.6. The van der Waals surface area contributed by atoms with Gasteiger partial charge in [0.15, 0.2) is 0 Å². The number of ether oxygens (including phenoxy) is 1. The van der Waals surface area contributed by atoms with Crippen LogP contribution in [0, 0.1) is 13.8 Å². The Morgan fingerprint density at radius 1 is 1.06 bits per heavy atom. The summed E-state index contributed by atoms with van der Waals surface area (Å²) in [6.45, 7) is 5.49. The van der Waals surface area contributed by atoms with Gasteiger partial charge in [-0.25, -0.2) is 9.69 Å². The third-order valence-corrected chi connectivity index (χ3v) is 6.42. The van der Waals surface area contributed by atoms with E-state index in [1.807, 2.05) is 50.2 Å². The van der Waals surface area contributed by atoms with Crippen LogP contribution in [0.4, 0.5) is 10.5 Å². The maximum Gasteiger partial charge on any atom is 0.335 e. The first-order valence-corrected chi connectivity index (χ1v) is 11.1. The molecule has 5 rings (SSSR count). The third kappa shape index (κ3) is 3.85. The fraction of sp³-hybridized carbons (Fsp3) is 0.269. The second-order valence-corrected chi connectivity index (χ2v) is 8.56. The van der Waals surface area contributed by atoms with Gasteiger partial charge >= 0.3 is 6.03 Å². The molecule has 1 N–H and O–H groups in total. The number of carbonyl (C=O) groups is 3. The highest BCUT2D eigenvalue weighted by molar-refractivity contribution is 6.39. The fourth-order valence-electron chi connectivity index (χ4n) is 4.61. The second-order valence-electron chi connectivity index (χ2n) is 8.56. The van der Waals surface area contributed by atoms with Crippen molar-refractivity contribution in [3.05, 3.63) is 71.1 Å². The Bertz CT molecular complexity index is 1310. The summed E-state index contributed by atoms with van der Waals surface area (Å²) in [5.74, 6) is -1.33. The minimum absolute atomic E-state index is 0.0693. The summed E-state index contributed by atoms with van der Waals surface area (Å²) < 4.78 is 7.92. The Labute approximate surface area is 191 Å². The Balaban J connectivity index is 1.49. The van der Waals surface area contributed by atoms with Crippen LogP contribution in [0.15, 0.2) is 54.1 Å². The number of hydrogen-bond acceptors (Lipinski definition) is 4. The first kappa shape index (κ1) is 21.2. The molecule has 0 unspecified atom stereocenters. The first-order valence-electron chi connectivity index (χ1n) is 11.1. The summed E-state index contributed by atoms with van der Waals surface area (Å²) >= 11 is 0. The van der Waals surface area contributed by atoms with Crippen LogP contribution in [0.2, 0.25) is 0 Å². The predicted molar refractivity (Wildman–Crippen MR) is 126 cm³/mol. The van der Waals surface area contributed by atoms with Crippen LogP contribution in [0.1, 0.15) is 29.8 Å². The van der Waals surface area contributed by atoms with Gasteiger partial charge in [-0.3, -0.25) is 14.9 Å². The van der Waals surface area contributed by atoms with E-state index in [2.05, 4.69) is 9.88 Å². The molecule has 0 bridgehead atoms. The van der Waals surface area contributed by atoms with E-state index in [9.17, 15) is 14.4 Å². The first-order chi connectivity index (χ1) is 15.9. The van der Waals surface area contributed by atoms with Crippen LogP contribution in [0.25, 0.3) is 16.8 Å². The van der Waals surface area contributed by atoms with Crippen LogP contribution in [-0.4, -0.2) is 35.1 Å². The van der Waals surface area contributed by atoms with Gasteiger partial charge in [0.1, 0.15) is 5.57 Å². The molecule has 1 aromatic heterocycles. The lowest BCUT2D eigenvalue weighted by molar-refractivity contribution is -0.122. The largest absolute Gasteiger partial charge is 0.376 e. The molecule has 2 aromatic carbocycles. The van der Waals surface area contributed by atoms with Gasteiger partial charge in [0.2, 0.25) is 0 Å². The van der Waals surface area contributed by atoms with Gasteiger partial charge in [0, 0.05) is 24.5 Å². The lowest BCUT2D eigenvalue weighted by atomic mass is 10.1. The molecule has 0 spiro atoms. The van der Waals surface area contributed by atoms with Crippen LogP contribution >= 0.6 is 0 Å². The molecule has 33 heavy (non-hydrogen) atoms. The van der Waals surface area contributed by atoms with Crippen molar-refractivity contribution in [2.45, 2.75) is 39.3 Å². The van der Waals surface area contributed by atoms with Gasteiger partial charge in [0.25, 0.3) is 11.8 Å². The summed E-state index contributed by atoms with van der Waals surface area (Å²) in [5, 5.41) is 4.20. The van der Waals surface area contributed by atoms with E-state index in [1.54, 1.807) is 18.2 Å². The lowest BCUT2D eigenvalue weighted by Gasteiger charge is -2.26. The molecule has 3 aromatic rings. The Morgan fingerprint density at radius 3 is 2.61 bits per heavy atom. The molecule has 2 aliphatic rings. The number of urea groups is 1. The van der Waals surface area contributed by atoms with Crippen molar-refractivity contribution in [1.82, 2.24) is 9.88 Å². The van der Waals surface area contributed by atoms with Crippen molar-refractivity contribution in [1.29, 1.82) is 0 Å². The number of aryl methyl sites for hydroxylation is 1. The van der Waals surface area contributed by atoms with E-state index in [0.717, 1.165) is 58.6 Å². The SMILES string of the molecule is Cc1cc(/C=C2/C(=O)NC(=O)N(c3ccc4ccccc4c3)C2=O)c(C)n1C[C@@H]1CCCO1. The van der Waals surface area contributed by atoms with Crippen molar-refractivity contribution in [3.8, 4) is 0 Å². The van der Waals surface area contributed by atoms with E-state index in [1.165, 1.54) is 0 Å². The highest BCUT2D eigenvalue weighted by Gasteiger charge is 2.37. The molecule has 0 aliphatic carbocycles. The number of benzene rings is 2. The molecule has 2 saturated heterocycles. The highest BCUT2D eigenvalue weighted by atomic mass is 16.5. The minimum atomic E-state index is -0.749. The van der Waals surface area contributed by atoms with Crippen molar-refractivity contribution >= 4 is 40.4 Å². The standard InChI is InChI=1S/C26H25N3O4/c1-16-12-20(17(2)28(16)15-22-8-5-11-33-22)14-23-24(30)27-26(32)29(25(23)31)21-10-9-18-6-3-4-7-19(18)13-21/h3-4,6-7,9-10,12-14,22H,5,8,11,15H2,1-2H3,(H,27,30,32)/b23-14-/t22-/m0/s1. The smallest absolute Gasteiger partial charge is 0.335 e. The molecule has 4 amide bonds. The number of amides is 4. The Morgan fingerprint density at radius 2 is 1.85 bits per heavy atom. The van der Waals surface area contributed by atoms with Gasteiger partial charge in [-0.05, 0) is 67.3 Å². The Kier molecular flexibility index (Phi) is 5.34. The van der Waals surface area contributed by atoms with Crippen molar-refractivity contribution in [2.75, 3.05) is 11.5 Å². The number of aromatic nitrogens is 1. The average molecular weight is 444 g/mol. The monoisotopic (exact) mass is 443 g/mol. The summed E-state index contributed by atoms with van der Waals surface area (Å²) in [6.07, 6.45) is 3.84. The normalized spacial score (nSPS) is 20.2. The summed E-state index contributed by atoms with van der Waals surface area (Å²) in [6, 6.07) is 14.2. The highest BCUT2D eigenvalue weighted by Crippen LogP contribution is 2.27. The fourth-order valence-corrected chi connectivity index (χ4v) is 4.61. The second kappa shape index (κ2) is 8.33. The molecular formula is C26H25N3O4. The van der Waals surface area contributed by atoms with Gasteiger partial charge in [-0.1, -0.05) is 30.3 Å². The number of nitrogens with one attached hydrogen (secondary N) is 1. The predicted octanol–water partition coefficient (Wildman–Crippen LogP) is 4.10. The average Bonchev–Trinajstić information content (AvgIpc) is 3.40. The molecule has 3 heterocycles. The number of anilines is 1. The number of carbonyl (C=O) groups excluding carboxylic acids is 3. The van der Waals surface area contributed by atoms with Crippen LogP contribution < -0.4 is 10.2 Å². The Hall–Kier alpha value is -3.71. The summed E-state index contributed by atoms with van der Waals surface area (Å²) in [4.78, 5) is 39.5. The van der Waals surface area contributed by atoms with Crippen LogP contribution in [0.5, 0.6) is 0 Å². The number of barbiturate groups is 1. The molecule has 7 heteroatoms. The molecule has 0 radical (unpaired) electrons. The maximum absolute atomic E-state index is 13.3. The van der Waals surface area contributed by atoms with Crippen LogP contribution in [0.3, 0.4) is 0 Å². The van der Waals surface area contributed by atoms with Gasteiger partial charge in [0.05, 0.1) is 11.8 Å². The number of nitrogens with zero attached hydrogens (tertiary/aromatic N) is 2. The number of fused-ring (bicyclic) bond motifs is 1. The molecule has 0 saturated carbocycles. The molecule has 1 atom stereocenters.